The van der Waals surface area contributed by atoms with E-state index in [9.17, 15) is 30.8 Å². The Labute approximate surface area is 165 Å². The molecule has 2 aromatic carbocycles. The molecule has 0 radical (unpaired) electrons. The molecule has 0 unspecified atom stereocenters. The Hall–Kier alpha value is -2.46. The highest BCUT2D eigenvalue weighted by Gasteiger charge is 2.31. The average Bonchev–Trinajstić information content (AvgIpc) is 3.22. The van der Waals surface area contributed by atoms with Crippen molar-refractivity contribution in [2.75, 3.05) is 13.1 Å². The Morgan fingerprint density at radius 2 is 1.66 bits per heavy atom. The predicted octanol–water partition coefficient (Wildman–Crippen LogP) is 3.56. The number of hydrogen-bond acceptors (Lipinski definition) is 3. The number of amides is 1. The number of rotatable bonds is 5. The Morgan fingerprint density at radius 3 is 2.24 bits per heavy atom. The van der Waals surface area contributed by atoms with Gasteiger partial charge in [0.05, 0.1) is 10.5 Å². The number of nitrogens with one attached hydrogen (secondary N) is 1. The molecule has 0 bridgehead atoms. The lowest BCUT2D eigenvalue weighted by Gasteiger charge is -2.15. The molecule has 1 fully saturated rings. The minimum atomic E-state index is -4.62. The Bertz CT molecular complexity index is 999. The van der Waals surface area contributed by atoms with Crippen molar-refractivity contribution in [1.82, 2.24) is 9.62 Å². The van der Waals surface area contributed by atoms with Gasteiger partial charge in [0.25, 0.3) is 5.91 Å². The van der Waals surface area contributed by atoms with Crippen LogP contribution in [0.15, 0.2) is 47.4 Å². The van der Waals surface area contributed by atoms with Crippen LogP contribution < -0.4 is 5.32 Å². The van der Waals surface area contributed by atoms with E-state index in [4.69, 9.17) is 0 Å². The lowest BCUT2D eigenvalue weighted by molar-refractivity contribution is -0.137. The number of halogens is 4. The van der Waals surface area contributed by atoms with Crippen molar-refractivity contribution in [1.29, 1.82) is 0 Å². The number of carbonyl (C=O) groups excluding carboxylic acids is 1. The number of sulfonamides is 1. The highest BCUT2D eigenvalue weighted by molar-refractivity contribution is 7.89. The van der Waals surface area contributed by atoms with E-state index >= 15 is 0 Å². The molecule has 0 aromatic heterocycles. The van der Waals surface area contributed by atoms with Gasteiger partial charge in [-0.2, -0.15) is 17.5 Å². The van der Waals surface area contributed by atoms with Crippen LogP contribution in [0.2, 0.25) is 0 Å². The summed E-state index contributed by atoms with van der Waals surface area (Å²) < 4.78 is 78.3. The van der Waals surface area contributed by atoms with Crippen molar-refractivity contribution in [3.8, 4) is 0 Å². The molecule has 1 heterocycles. The number of benzene rings is 2. The van der Waals surface area contributed by atoms with Gasteiger partial charge in [-0.1, -0.05) is 0 Å². The van der Waals surface area contributed by atoms with E-state index in [2.05, 4.69) is 5.32 Å². The molecule has 1 N–H and O–H groups in total. The Kier molecular flexibility index (Phi) is 5.95. The van der Waals surface area contributed by atoms with Gasteiger partial charge in [-0.05, 0) is 55.3 Å². The van der Waals surface area contributed by atoms with Crippen LogP contribution >= 0.6 is 0 Å². The van der Waals surface area contributed by atoms with Crippen molar-refractivity contribution < 1.29 is 30.8 Å². The minimum Gasteiger partial charge on any atom is -0.348 e. The number of hydrogen-bond donors (Lipinski definition) is 1. The molecule has 0 atom stereocenters. The van der Waals surface area contributed by atoms with Gasteiger partial charge >= 0.3 is 6.18 Å². The topological polar surface area (TPSA) is 66.5 Å². The van der Waals surface area contributed by atoms with E-state index in [1.165, 1.54) is 28.6 Å². The fourth-order valence-electron chi connectivity index (χ4n) is 3.02. The first-order valence-corrected chi connectivity index (χ1v) is 10.3. The molecule has 0 aliphatic carbocycles. The van der Waals surface area contributed by atoms with Gasteiger partial charge in [-0.15, -0.1) is 0 Å². The fourth-order valence-corrected chi connectivity index (χ4v) is 4.54. The predicted molar refractivity (Wildman–Crippen MR) is 97.0 cm³/mol. The maximum absolute atomic E-state index is 13.8. The second-order valence-corrected chi connectivity index (χ2v) is 8.56. The molecular weight excluding hydrogens is 412 g/mol. The quantitative estimate of drug-likeness (QED) is 0.738. The largest absolute Gasteiger partial charge is 0.416 e. The van der Waals surface area contributed by atoms with Crippen LogP contribution in [0, 0.1) is 5.82 Å². The summed E-state index contributed by atoms with van der Waals surface area (Å²) in [4.78, 5) is 12.3. The molecule has 10 heteroatoms. The molecule has 1 aliphatic heterocycles. The van der Waals surface area contributed by atoms with Crippen LogP contribution in [0.1, 0.15) is 34.3 Å². The van der Waals surface area contributed by atoms with Crippen LogP contribution in [0.25, 0.3) is 0 Å². The van der Waals surface area contributed by atoms with Crippen molar-refractivity contribution in [2.24, 2.45) is 0 Å². The third-order valence-electron chi connectivity index (χ3n) is 4.63. The summed E-state index contributed by atoms with van der Waals surface area (Å²) in [6.45, 7) is 0.461. The second kappa shape index (κ2) is 8.11. The molecule has 1 saturated heterocycles. The normalized spacial score (nSPS) is 15.4. The molecule has 2 aromatic rings. The van der Waals surface area contributed by atoms with Crippen molar-refractivity contribution in [3.05, 3.63) is 65.0 Å². The lowest BCUT2D eigenvalue weighted by Crippen LogP contribution is -2.28. The van der Waals surface area contributed by atoms with Crippen molar-refractivity contribution in [3.63, 3.8) is 0 Å². The first-order valence-electron chi connectivity index (χ1n) is 8.83. The molecule has 156 valence electrons. The molecular formula is C19H18F4N2O3S. The maximum Gasteiger partial charge on any atom is 0.416 e. The molecule has 29 heavy (non-hydrogen) atoms. The first kappa shape index (κ1) is 21.3. The Morgan fingerprint density at radius 1 is 1.03 bits per heavy atom. The zero-order chi connectivity index (χ0) is 21.2. The maximum atomic E-state index is 13.8. The van der Waals surface area contributed by atoms with E-state index in [0.717, 1.165) is 12.8 Å². The van der Waals surface area contributed by atoms with Crippen LogP contribution in [0.3, 0.4) is 0 Å². The average molecular weight is 430 g/mol. The minimum absolute atomic E-state index is 0.0554. The van der Waals surface area contributed by atoms with Gasteiger partial charge in [0.2, 0.25) is 10.0 Å². The molecule has 5 nitrogen and oxygen atoms in total. The summed E-state index contributed by atoms with van der Waals surface area (Å²) in [6.07, 6.45) is -3.03. The SMILES string of the molecule is O=C(NCc1cc(C(F)(F)F)ccc1F)c1ccc(S(=O)(=O)N2CCCC2)cc1. The van der Waals surface area contributed by atoms with Crippen LogP contribution in [0.4, 0.5) is 17.6 Å². The first-order chi connectivity index (χ1) is 13.6. The molecule has 0 saturated carbocycles. The number of alkyl halides is 3. The van der Waals surface area contributed by atoms with Gasteiger partial charge in [0, 0.05) is 30.8 Å². The van der Waals surface area contributed by atoms with Gasteiger partial charge in [0.15, 0.2) is 0 Å². The monoisotopic (exact) mass is 430 g/mol. The third kappa shape index (κ3) is 4.76. The molecule has 3 rings (SSSR count). The number of nitrogens with zero attached hydrogens (tertiary/aromatic N) is 1. The van der Waals surface area contributed by atoms with Crippen LogP contribution in [0.5, 0.6) is 0 Å². The van der Waals surface area contributed by atoms with E-state index in [-0.39, 0.29) is 16.0 Å². The third-order valence-corrected chi connectivity index (χ3v) is 6.54. The summed E-state index contributed by atoms with van der Waals surface area (Å²) >= 11 is 0. The van der Waals surface area contributed by atoms with Gasteiger partial charge < -0.3 is 5.32 Å². The van der Waals surface area contributed by atoms with E-state index < -0.39 is 40.0 Å². The van der Waals surface area contributed by atoms with Gasteiger partial charge in [0.1, 0.15) is 5.82 Å². The van der Waals surface area contributed by atoms with Crippen molar-refractivity contribution in [2.45, 2.75) is 30.5 Å². The fraction of sp³-hybridized carbons (Fsp3) is 0.316. The zero-order valence-electron chi connectivity index (χ0n) is 15.2. The summed E-state index contributed by atoms with van der Waals surface area (Å²) in [5.74, 6) is -1.53. The summed E-state index contributed by atoms with van der Waals surface area (Å²) in [6, 6.07) is 7.17. The Balaban J connectivity index is 1.69. The molecule has 0 spiro atoms. The zero-order valence-corrected chi connectivity index (χ0v) is 16.0. The van der Waals surface area contributed by atoms with Gasteiger partial charge in [-0.25, -0.2) is 12.8 Å². The molecule has 1 aliphatic rings. The summed E-state index contributed by atoms with van der Waals surface area (Å²) in [5.41, 5.74) is -1.21. The highest BCUT2D eigenvalue weighted by Crippen LogP contribution is 2.30. The lowest BCUT2D eigenvalue weighted by atomic mass is 10.1. The second-order valence-electron chi connectivity index (χ2n) is 6.62. The van der Waals surface area contributed by atoms with Crippen molar-refractivity contribution >= 4 is 15.9 Å². The van der Waals surface area contributed by atoms with Crippen LogP contribution in [-0.2, 0) is 22.7 Å². The van der Waals surface area contributed by atoms with Crippen LogP contribution in [-0.4, -0.2) is 31.7 Å². The van der Waals surface area contributed by atoms with E-state index in [1.807, 2.05) is 0 Å². The number of carbonyl (C=O) groups is 1. The smallest absolute Gasteiger partial charge is 0.348 e. The van der Waals surface area contributed by atoms with E-state index in [1.54, 1.807) is 0 Å². The summed E-state index contributed by atoms with van der Waals surface area (Å²) in [5, 5.41) is 2.34. The summed E-state index contributed by atoms with van der Waals surface area (Å²) in [7, 11) is -3.62. The molecule has 1 amide bonds. The highest BCUT2D eigenvalue weighted by atomic mass is 32.2. The van der Waals surface area contributed by atoms with E-state index in [0.29, 0.717) is 31.3 Å². The van der Waals surface area contributed by atoms with Gasteiger partial charge in [-0.3, -0.25) is 4.79 Å². The standard InChI is InChI=1S/C19H18F4N2O3S/c20-17-8-5-15(19(21,22)23)11-14(17)12-24-18(26)13-3-6-16(7-4-13)29(27,28)25-9-1-2-10-25/h3-8,11H,1-2,9-10,12H2,(H,24,26).